The monoisotopic (exact) mass is 507 g/mol. The summed E-state index contributed by atoms with van der Waals surface area (Å²) in [5, 5.41) is 3.15. The van der Waals surface area contributed by atoms with Crippen molar-refractivity contribution in [1.82, 2.24) is 9.55 Å². The summed E-state index contributed by atoms with van der Waals surface area (Å²) in [6, 6.07) is 26.9. The Balaban J connectivity index is 0.00000204. The molecule has 3 aromatic heterocycles. The van der Waals surface area contributed by atoms with Crippen LogP contribution in [-0.2, 0) is 0 Å². The van der Waals surface area contributed by atoms with Gasteiger partial charge >= 0.3 is 0 Å². The van der Waals surface area contributed by atoms with Gasteiger partial charge in [0.05, 0.1) is 16.7 Å². The van der Waals surface area contributed by atoms with Crippen molar-refractivity contribution in [2.75, 3.05) is 0 Å². The van der Waals surface area contributed by atoms with E-state index in [0.29, 0.717) is 0 Å². The van der Waals surface area contributed by atoms with Crippen molar-refractivity contribution < 1.29 is 16.8 Å². The Morgan fingerprint density at radius 3 is 2.39 bits per heavy atom. The molecule has 0 fully saturated rings. The van der Waals surface area contributed by atoms with Crippen LogP contribution in [0.2, 0.25) is 5.02 Å². The zero-order chi connectivity index (χ0) is 20.2. The molecule has 0 saturated carbocycles. The van der Waals surface area contributed by atoms with Gasteiger partial charge in [-0.2, -0.15) is 8.97 Å². The summed E-state index contributed by atoms with van der Waals surface area (Å²) in [6.07, 6.45) is 4.23. The maximum absolute atomic E-state index is 6.69. The lowest BCUT2D eigenvalue weighted by Gasteiger charge is -2.05. The molecule has 0 aliphatic carbocycles. The molecule has 0 spiro atoms. The van der Waals surface area contributed by atoms with Gasteiger partial charge in [-0.25, -0.2) is 0 Å². The van der Waals surface area contributed by atoms with Crippen LogP contribution in [0.25, 0.3) is 44.3 Å². The smallest absolute Gasteiger partial charge is 0.254 e. The van der Waals surface area contributed by atoms with Gasteiger partial charge in [0.15, 0.2) is 5.69 Å². The van der Waals surface area contributed by atoms with Crippen molar-refractivity contribution in [1.29, 1.82) is 0 Å². The Kier molecular flexibility index (Phi) is 5.01. The van der Waals surface area contributed by atoms with Gasteiger partial charge in [-0.3, -0.25) is 0 Å². The minimum absolute atomic E-state index is 0. The van der Waals surface area contributed by atoms with E-state index in [1.54, 1.807) is 0 Å². The molecule has 0 unspecified atom stereocenters. The largest absolute Gasteiger partial charge is 1.00 e. The van der Waals surface area contributed by atoms with Gasteiger partial charge in [0.2, 0.25) is 5.52 Å². The summed E-state index contributed by atoms with van der Waals surface area (Å²) in [7, 11) is 0. The van der Waals surface area contributed by atoms with Crippen molar-refractivity contribution >= 4 is 54.9 Å². The van der Waals surface area contributed by atoms with Crippen LogP contribution in [0.4, 0.5) is 0 Å². The van der Waals surface area contributed by atoms with Crippen molar-refractivity contribution in [2.45, 2.75) is 0 Å². The highest BCUT2D eigenvalue weighted by Gasteiger charge is 2.26. The number of halogens is 3. The fourth-order valence-corrected chi connectivity index (χ4v) is 4.71. The average Bonchev–Trinajstić information content (AvgIpc) is 3.33. The van der Waals surface area contributed by atoms with E-state index in [1.807, 2.05) is 18.2 Å². The van der Waals surface area contributed by atoms with E-state index in [-0.39, 0.29) is 12.4 Å². The van der Waals surface area contributed by atoms with Gasteiger partial charge in [-0.15, -0.1) is 0 Å². The Hall–Kier alpha value is -2.79. The van der Waals surface area contributed by atoms with Crippen molar-refractivity contribution in [2.24, 2.45) is 0 Å². The van der Waals surface area contributed by atoms with Gasteiger partial charge in [0.1, 0.15) is 5.69 Å². The van der Waals surface area contributed by atoms with Crippen molar-refractivity contribution in [3.05, 3.63) is 101 Å². The quantitative estimate of drug-likeness (QED) is 0.343. The zero-order valence-electron chi connectivity index (χ0n) is 16.2. The van der Waals surface area contributed by atoms with Gasteiger partial charge < -0.3 is 17.4 Å². The number of hydrogen-bond acceptors (Lipinski definition) is 0. The van der Waals surface area contributed by atoms with E-state index in [0.717, 1.165) is 43.0 Å². The van der Waals surface area contributed by atoms with Gasteiger partial charge in [-0.1, -0.05) is 57.9 Å². The summed E-state index contributed by atoms with van der Waals surface area (Å²) in [5.41, 5.74) is 6.45. The van der Waals surface area contributed by atoms with Gasteiger partial charge in [0, 0.05) is 26.3 Å². The highest BCUT2D eigenvalue weighted by Crippen LogP contribution is 2.36. The molecule has 0 bridgehead atoms. The number of para-hydroxylation sites is 1. The highest BCUT2D eigenvalue weighted by atomic mass is 79.9. The molecule has 0 saturated heterocycles. The second kappa shape index (κ2) is 7.72. The minimum Gasteiger partial charge on any atom is -1.00 e. The minimum atomic E-state index is 0. The molecule has 0 atom stereocenters. The number of H-pyrrole nitrogens is 1. The third-order valence-corrected chi connectivity index (χ3v) is 6.44. The average molecular weight is 509 g/mol. The number of imidazole rings is 1. The predicted octanol–water partition coefficient (Wildman–Crippen LogP) is 3.94. The van der Waals surface area contributed by atoms with Crippen LogP contribution in [0.3, 0.4) is 0 Å². The molecule has 31 heavy (non-hydrogen) atoms. The fourth-order valence-electron chi connectivity index (χ4n) is 4.22. The van der Waals surface area contributed by atoms with E-state index >= 15 is 0 Å². The van der Waals surface area contributed by atoms with Crippen LogP contribution >= 0.6 is 27.5 Å². The Morgan fingerprint density at radius 1 is 0.839 bits per heavy atom. The second-order valence-corrected chi connectivity index (χ2v) is 8.64. The number of fused-ring (bicyclic) bond motifs is 5. The number of aromatic amines is 1. The lowest BCUT2D eigenvalue weighted by atomic mass is 10.1. The SMILES string of the molecule is Clc1ccccc1-c1c2c3[nH]c4ccccc4c3cc[n+]2cn1-c1ccc(Br)cc1.[Cl-]. The highest BCUT2D eigenvalue weighted by molar-refractivity contribution is 9.10. The first kappa shape index (κ1) is 20.1. The number of nitrogens with one attached hydrogen (secondary N) is 1. The van der Waals surface area contributed by atoms with Crippen molar-refractivity contribution in [3.8, 4) is 16.9 Å². The third-order valence-electron chi connectivity index (χ3n) is 5.58. The number of aromatic nitrogens is 3. The first-order valence-electron chi connectivity index (χ1n) is 9.67. The summed E-state index contributed by atoms with van der Waals surface area (Å²) in [4.78, 5) is 3.64. The molecule has 3 aromatic carbocycles. The van der Waals surface area contributed by atoms with Crippen LogP contribution in [0.15, 0.2) is 95.9 Å². The molecular formula is C25H16BrCl2N3. The van der Waals surface area contributed by atoms with Crippen molar-refractivity contribution in [3.63, 3.8) is 0 Å². The van der Waals surface area contributed by atoms with E-state index in [4.69, 9.17) is 11.6 Å². The standard InChI is InChI=1S/C25H16BrClN3.ClH/c26-16-9-11-17(12-10-16)30-15-29-14-13-19-18-5-2-4-8-22(18)28-23(19)25(29)24(30)20-6-1-3-7-21(20)27;/h1-15,28H;1H/q+1;/p-1. The van der Waals surface area contributed by atoms with Crippen LogP contribution in [0, 0.1) is 0 Å². The lowest BCUT2D eigenvalue weighted by Crippen LogP contribution is -3.00. The number of pyridine rings is 1. The van der Waals surface area contributed by atoms with Gasteiger partial charge in [0.25, 0.3) is 6.33 Å². The van der Waals surface area contributed by atoms with Crippen LogP contribution < -0.4 is 16.8 Å². The number of rotatable bonds is 2. The summed E-state index contributed by atoms with van der Waals surface area (Å²) >= 11 is 10.2. The van der Waals surface area contributed by atoms with Crippen LogP contribution in [-0.4, -0.2) is 9.55 Å². The van der Waals surface area contributed by atoms with E-state index < -0.39 is 0 Å². The zero-order valence-corrected chi connectivity index (χ0v) is 19.3. The predicted molar refractivity (Wildman–Crippen MR) is 126 cm³/mol. The molecule has 3 heterocycles. The third kappa shape index (κ3) is 3.14. The van der Waals surface area contributed by atoms with E-state index in [2.05, 4.69) is 103 Å². The topological polar surface area (TPSA) is 24.8 Å². The summed E-state index contributed by atoms with van der Waals surface area (Å²) < 4.78 is 5.42. The Bertz CT molecular complexity index is 1570. The lowest BCUT2D eigenvalue weighted by molar-refractivity contribution is -0.510. The fraction of sp³-hybridized carbons (Fsp3) is 0. The normalized spacial score (nSPS) is 11.3. The van der Waals surface area contributed by atoms with Crippen LogP contribution in [0.5, 0.6) is 0 Å². The molecule has 152 valence electrons. The Labute approximate surface area is 198 Å². The van der Waals surface area contributed by atoms with E-state index in [1.165, 1.54) is 10.8 Å². The number of nitrogens with zero attached hydrogens (tertiary/aromatic N) is 2. The first-order chi connectivity index (χ1) is 14.7. The Morgan fingerprint density at radius 2 is 1.58 bits per heavy atom. The molecule has 6 aromatic rings. The maximum atomic E-state index is 6.69. The molecule has 6 heteroatoms. The molecule has 0 radical (unpaired) electrons. The van der Waals surface area contributed by atoms with Crippen LogP contribution in [0.1, 0.15) is 0 Å². The maximum Gasteiger partial charge on any atom is 0.254 e. The molecule has 0 aliphatic heterocycles. The molecule has 0 amide bonds. The first-order valence-corrected chi connectivity index (χ1v) is 10.8. The molecule has 3 nitrogen and oxygen atoms in total. The number of benzene rings is 3. The number of hydrogen-bond donors (Lipinski definition) is 1. The van der Waals surface area contributed by atoms with E-state index in [9.17, 15) is 0 Å². The molecule has 1 N–H and O–H groups in total. The summed E-state index contributed by atoms with van der Waals surface area (Å²) in [5.74, 6) is 0. The van der Waals surface area contributed by atoms with Gasteiger partial charge in [-0.05, 0) is 48.5 Å². The molecule has 6 rings (SSSR count). The summed E-state index contributed by atoms with van der Waals surface area (Å²) in [6.45, 7) is 0. The molecular weight excluding hydrogens is 493 g/mol. The molecule has 0 aliphatic rings. The second-order valence-electron chi connectivity index (χ2n) is 7.32.